The molecule has 1 aliphatic rings. The number of sulfonamides is 2. The lowest BCUT2D eigenvalue weighted by Gasteiger charge is -2.29. The lowest BCUT2D eigenvalue weighted by molar-refractivity contribution is -0.384. The van der Waals surface area contributed by atoms with Crippen molar-refractivity contribution in [2.24, 2.45) is 0 Å². The highest BCUT2D eigenvalue weighted by atomic mass is 32.2. The van der Waals surface area contributed by atoms with Crippen molar-refractivity contribution in [1.29, 1.82) is 0 Å². The van der Waals surface area contributed by atoms with Crippen LogP contribution < -0.4 is 9.03 Å². The van der Waals surface area contributed by atoms with Crippen LogP contribution in [0.2, 0.25) is 0 Å². The Hall–Kier alpha value is -2.66. The van der Waals surface area contributed by atoms with E-state index in [9.17, 15) is 26.9 Å². The minimum Gasteiger partial charge on any atom is -0.280 e. The zero-order valence-electron chi connectivity index (χ0n) is 14.3. The van der Waals surface area contributed by atoms with Gasteiger partial charge < -0.3 is 0 Å². The van der Waals surface area contributed by atoms with Crippen LogP contribution in [0.25, 0.3) is 0 Å². The van der Waals surface area contributed by atoms with Gasteiger partial charge in [-0.05, 0) is 42.7 Å². The van der Waals surface area contributed by atoms with E-state index in [2.05, 4.69) is 4.72 Å². The van der Waals surface area contributed by atoms with E-state index in [4.69, 9.17) is 0 Å². The Bertz CT molecular complexity index is 1100. The SMILES string of the molecule is CS(=O)(=O)N1CCCc2ccc(NS(=O)(=O)c3ccc([N+](=O)[O-])cc3)cc21. The third-order valence-electron chi connectivity index (χ3n) is 4.17. The first kappa shape index (κ1) is 19.1. The molecule has 144 valence electrons. The van der Waals surface area contributed by atoms with Crippen LogP contribution in [0.5, 0.6) is 0 Å². The van der Waals surface area contributed by atoms with Gasteiger partial charge in [0.25, 0.3) is 15.7 Å². The van der Waals surface area contributed by atoms with Gasteiger partial charge >= 0.3 is 0 Å². The summed E-state index contributed by atoms with van der Waals surface area (Å²) in [4.78, 5) is 9.94. The largest absolute Gasteiger partial charge is 0.280 e. The van der Waals surface area contributed by atoms with E-state index < -0.39 is 25.0 Å². The van der Waals surface area contributed by atoms with Crippen LogP contribution in [0.4, 0.5) is 17.1 Å². The molecule has 0 atom stereocenters. The van der Waals surface area contributed by atoms with Crippen LogP contribution >= 0.6 is 0 Å². The average Bonchev–Trinajstić information content (AvgIpc) is 2.60. The summed E-state index contributed by atoms with van der Waals surface area (Å²) in [6.45, 7) is 0.338. The van der Waals surface area contributed by atoms with Crippen LogP contribution in [0.15, 0.2) is 47.4 Å². The van der Waals surface area contributed by atoms with Crippen molar-refractivity contribution >= 4 is 37.1 Å². The highest BCUT2D eigenvalue weighted by Crippen LogP contribution is 2.32. The van der Waals surface area contributed by atoms with Crippen molar-refractivity contribution in [3.63, 3.8) is 0 Å². The molecule has 2 aromatic carbocycles. The highest BCUT2D eigenvalue weighted by Gasteiger charge is 2.25. The Morgan fingerprint density at radius 3 is 2.33 bits per heavy atom. The van der Waals surface area contributed by atoms with Crippen molar-refractivity contribution in [2.45, 2.75) is 17.7 Å². The van der Waals surface area contributed by atoms with Gasteiger partial charge in [-0.2, -0.15) is 0 Å². The maximum atomic E-state index is 12.5. The first-order chi connectivity index (χ1) is 12.6. The summed E-state index contributed by atoms with van der Waals surface area (Å²) in [5, 5.41) is 10.7. The molecule has 0 radical (unpaired) electrons. The number of nitrogens with zero attached hydrogens (tertiary/aromatic N) is 2. The second kappa shape index (κ2) is 6.82. The van der Waals surface area contributed by atoms with E-state index in [1.54, 1.807) is 12.1 Å². The van der Waals surface area contributed by atoms with Gasteiger partial charge in [0.15, 0.2) is 0 Å². The fourth-order valence-electron chi connectivity index (χ4n) is 2.91. The molecule has 9 nitrogen and oxygen atoms in total. The van der Waals surface area contributed by atoms with Gasteiger partial charge in [-0.1, -0.05) is 6.07 Å². The summed E-state index contributed by atoms with van der Waals surface area (Å²) in [7, 11) is -7.45. The van der Waals surface area contributed by atoms with Gasteiger partial charge in [0.1, 0.15) is 0 Å². The number of hydrogen-bond donors (Lipinski definition) is 1. The lowest BCUT2D eigenvalue weighted by Crippen LogP contribution is -2.34. The molecule has 1 heterocycles. The predicted molar refractivity (Wildman–Crippen MR) is 101 cm³/mol. The van der Waals surface area contributed by atoms with Crippen molar-refractivity contribution in [3.8, 4) is 0 Å². The Kier molecular flexibility index (Phi) is 4.82. The fraction of sp³-hybridized carbons (Fsp3) is 0.250. The number of nitro benzene ring substituents is 1. The second-order valence-electron chi connectivity index (χ2n) is 6.14. The van der Waals surface area contributed by atoms with Crippen LogP contribution in [-0.4, -0.2) is 34.6 Å². The van der Waals surface area contributed by atoms with E-state index >= 15 is 0 Å². The molecule has 1 aliphatic heterocycles. The fourth-order valence-corrected chi connectivity index (χ4v) is 4.95. The maximum Gasteiger partial charge on any atom is 0.269 e. The van der Waals surface area contributed by atoms with Crippen LogP contribution in [0.3, 0.4) is 0 Å². The van der Waals surface area contributed by atoms with E-state index in [0.717, 1.165) is 36.1 Å². The van der Waals surface area contributed by atoms with Crippen molar-refractivity contribution in [3.05, 3.63) is 58.1 Å². The smallest absolute Gasteiger partial charge is 0.269 e. The molecule has 0 amide bonds. The van der Waals surface area contributed by atoms with Crippen LogP contribution in [0, 0.1) is 10.1 Å². The molecule has 27 heavy (non-hydrogen) atoms. The monoisotopic (exact) mass is 411 g/mol. The van der Waals surface area contributed by atoms with Crippen LogP contribution in [0.1, 0.15) is 12.0 Å². The van der Waals surface area contributed by atoms with Crippen molar-refractivity contribution in [1.82, 2.24) is 0 Å². The van der Waals surface area contributed by atoms with Crippen molar-refractivity contribution < 1.29 is 21.8 Å². The second-order valence-corrected chi connectivity index (χ2v) is 9.73. The molecule has 0 spiro atoms. The molecule has 0 aliphatic carbocycles. The number of anilines is 2. The summed E-state index contributed by atoms with van der Waals surface area (Å²) in [5.74, 6) is 0. The normalized spacial score (nSPS) is 14.5. The zero-order chi connectivity index (χ0) is 19.8. The first-order valence-electron chi connectivity index (χ1n) is 7.96. The number of benzene rings is 2. The molecule has 0 unspecified atom stereocenters. The van der Waals surface area contributed by atoms with Gasteiger partial charge in [-0.3, -0.25) is 19.1 Å². The summed E-state index contributed by atoms with van der Waals surface area (Å²) < 4.78 is 52.7. The van der Waals surface area contributed by atoms with E-state index in [1.165, 1.54) is 10.4 Å². The number of nitrogens with one attached hydrogen (secondary N) is 1. The molecule has 2 aromatic rings. The molecule has 0 saturated carbocycles. The van der Waals surface area contributed by atoms with E-state index in [0.29, 0.717) is 25.1 Å². The molecular weight excluding hydrogens is 394 g/mol. The topological polar surface area (TPSA) is 127 Å². The predicted octanol–water partition coefficient (Wildman–Crippen LogP) is 2.11. The number of non-ortho nitro benzene ring substituents is 1. The van der Waals surface area contributed by atoms with E-state index in [-0.39, 0.29) is 16.3 Å². The minimum absolute atomic E-state index is 0.134. The number of rotatable bonds is 5. The summed E-state index contributed by atoms with van der Waals surface area (Å²) in [6.07, 6.45) is 2.50. The number of nitro groups is 1. The summed E-state index contributed by atoms with van der Waals surface area (Å²) in [5.41, 5.74) is 1.27. The highest BCUT2D eigenvalue weighted by molar-refractivity contribution is 7.92. The quantitative estimate of drug-likeness (QED) is 0.593. The third-order valence-corrected chi connectivity index (χ3v) is 6.75. The molecule has 1 N–H and O–H groups in total. The Labute approximate surface area is 156 Å². The average molecular weight is 411 g/mol. The first-order valence-corrected chi connectivity index (χ1v) is 11.3. The summed E-state index contributed by atoms with van der Waals surface area (Å²) in [6, 6.07) is 9.23. The van der Waals surface area contributed by atoms with Gasteiger partial charge in [0.05, 0.1) is 27.4 Å². The molecule has 3 rings (SSSR count). The van der Waals surface area contributed by atoms with Gasteiger partial charge in [-0.25, -0.2) is 16.8 Å². The summed E-state index contributed by atoms with van der Waals surface area (Å²) >= 11 is 0. The van der Waals surface area contributed by atoms with Crippen LogP contribution in [-0.2, 0) is 26.5 Å². The van der Waals surface area contributed by atoms with Gasteiger partial charge in [0, 0.05) is 18.7 Å². The van der Waals surface area contributed by atoms with Crippen molar-refractivity contribution in [2.75, 3.05) is 21.8 Å². The third kappa shape index (κ3) is 4.03. The maximum absolute atomic E-state index is 12.5. The molecule has 11 heteroatoms. The molecule has 0 bridgehead atoms. The Morgan fingerprint density at radius 1 is 1.07 bits per heavy atom. The number of aryl methyl sites for hydroxylation is 1. The standard InChI is InChI=1S/C16H17N3O6S2/c1-26(22,23)18-10-2-3-12-4-5-13(11-16(12)18)17-27(24,25)15-8-6-14(7-9-15)19(20)21/h4-9,11,17H,2-3,10H2,1H3. The van der Waals surface area contributed by atoms with Gasteiger partial charge in [0.2, 0.25) is 10.0 Å². The Balaban J connectivity index is 1.92. The molecule has 0 fully saturated rings. The van der Waals surface area contributed by atoms with Gasteiger partial charge in [-0.15, -0.1) is 0 Å². The van der Waals surface area contributed by atoms with E-state index in [1.807, 2.05) is 0 Å². The Morgan fingerprint density at radius 2 is 1.74 bits per heavy atom. The zero-order valence-corrected chi connectivity index (χ0v) is 16.0. The molecular formula is C16H17N3O6S2. The minimum atomic E-state index is -3.98. The lowest BCUT2D eigenvalue weighted by atomic mass is 10.0. The number of fused-ring (bicyclic) bond motifs is 1. The molecule has 0 aromatic heterocycles. The molecule has 0 saturated heterocycles. The number of hydrogen-bond acceptors (Lipinski definition) is 6.